The second-order valence-electron chi connectivity index (χ2n) is 7.49. The number of ether oxygens (including phenoxy) is 2. The molecule has 0 heterocycles. The highest BCUT2D eigenvalue weighted by Gasteiger charge is 2.32. The molecule has 0 unspecified atom stereocenters. The lowest BCUT2D eigenvalue weighted by Gasteiger charge is -2.24. The molecule has 0 aliphatic carbocycles. The van der Waals surface area contributed by atoms with Gasteiger partial charge >= 0.3 is 12.1 Å². The van der Waals surface area contributed by atoms with Crippen molar-refractivity contribution in [1.82, 2.24) is 10.6 Å². The van der Waals surface area contributed by atoms with Gasteiger partial charge in [0.1, 0.15) is 23.3 Å². The van der Waals surface area contributed by atoms with Gasteiger partial charge in [0.25, 0.3) is 5.78 Å². The molecule has 2 amide bonds. The number of thiol groups is 2. The number of ketones is 1. The highest BCUT2D eigenvalue weighted by Crippen LogP contribution is 2.09. The second-order valence-corrected chi connectivity index (χ2v) is 8.22. The van der Waals surface area contributed by atoms with Crippen LogP contribution in [0, 0.1) is 0 Å². The van der Waals surface area contributed by atoms with Crippen LogP contribution in [-0.2, 0) is 23.9 Å². The van der Waals surface area contributed by atoms with Gasteiger partial charge in [-0.2, -0.15) is 25.3 Å². The maximum absolute atomic E-state index is 12.3. The Bertz CT molecular complexity index is 540. The van der Waals surface area contributed by atoms with Crippen molar-refractivity contribution in [3.05, 3.63) is 0 Å². The van der Waals surface area contributed by atoms with E-state index in [4.69, 9.17) is 9.47 Å². The number of esters is 1. The van der Waals surface area contributed by atoms with Gasteiger partial charge in [-0.1, -0.05) is 0 Å². The molecule has 0 saturated carbocycles. The molecule has 150 valence electrons. The number of amides is 2. The summed E-state index contributed by atoms with van der Waals surface area (Å²) in [6.45, 7) is 9.90. The third-order valence-corrected chi connectivity index (χ3v) is 3.34. The van der Waals surface area contributed by atoms with Crippen molar-refractivity contribution in [2.24, 2.45) is 0 Å². The number of rotatable bonds is 7. The van der Waals surface area contributed by atoms with Gasteiger partial charge in [0.15, 0.2) is 0 Å². The fourth-order valence-electron chi connectivity index (χ4n) is 1.58. The van der Waals surface area contributed by atoms with Crippen LogP contribution >= 0.6 is 25.3 Å². The van der Waals surface area contributed by atoms with Crippen molar-refractivity contribution in [2.75, 3.05) is 11.5 Å². The number of alkyl carbamates (subject to hydrolysis) is 1. The minimum Gasteiger partial charge on any atom is -0.454 e. The van der Waals surface area contributed by atoms with Gasteiger partial charge in [-0.05, 0) is 41.5 Å². The van der Waals surface area contributed by atoms with E-state index in [1.807, 2.05) is 0 Å². The number of carbonyl (C=O) groups is 4. The fraction of sp³-hybridized carbons (Fsp3) is 0.750. The Morgan fingerprint density at radius 3 is 1.65 bits per heavy atom. The minimum atomic E-state index is -1.19. The van der Waals surface area contributed by atoms with Crippen molar-refractivity contribution in [3.8, 4) is 0 Å². The molecular weight excluding hydrogens is 380 g/mol. The Labute approximate surface area is 164 Å². The first kappa shape index (κ1) is 24.6. The predicted molar refractivity (Wildman–Crippen MR) is 104 cm³/mol. The van der Waals surface area contributed by atoms with Crippen LogP contribution in [0.3, 0.4) is 0 Å². The van der Waals surface area contributed by atoms with Crippen LogP contribution in [0.25, 0.3) is 0 Å². The molecule has 8 nitrogen and oxygen atoms in total. The summed E-state index contributed by atoms with van der Waals surface area (Å²) in [7, 11) is 0. The average Bonchev–Trinajstić information content (AvgIpc) is 2.45. The molecule has 0 aliphatic rings. The first-order valence-corrected chi connectivity index (χ1v) is 9.25. The molecule has 2 N–H and O–H groups in total. The van der Waals surface area contributed by atoms with Gasteiger partial charge in [-0.15, -0.1) is 0 Å². The topological polar surface area (TPSA) is 111 Å². The van der Waals surface area contributed by atoms with Crippen LogP contribution < -0.4 is 10.6 Å². The molecule has 0 spiro atoms. The first-order valence-electron chi connectivity index (χ1n) is 7.99. The van der Waals surface area contributed by atoms with Crippen LogP contribution in [0.15, 0.2) is 0 Å². The van der Waals surface area contributed by atoms with Crippen molar-refractivity contribution in [3.63, 3.8) is 0 Å². The van der Waals surface area contributed by atoms with E-state index < -0.39 is 47.0 Å². The van der Waals surface area contributed by atoms with Crippen LogP contribution in [-0.4, -0.2) is 58.5 Å². The average molecular weight is 409 g/mol. The first-order chi connectivity index (χ1) is 11.7. The molecule has 26 heavy (non-hydrogen) atoms. The Balaban J connectivity index is 4.92. The van der Waals surface area contributed by atoms with E-state index in [0.29, 0.717) is 0 Å². The molecule has 0 radical (unpaired) electrons. The second kappa shape index (κ2) is 10.1. The predicted octanol–water partition coefficient (Wildman–Crippen LogP) is 1.13. The van der Waals surface area contributed by atoms with Gasteiger partial charge in [-0.3, -0.25) is 9.59 Å². The number of hydrogen-bond donors (Lipinski definition) is 4. The van der Waals surface area contributed by atoms with Crippen LogP contribution in [0.1, 0.15) is 41.5 Å². The standard InChI is InChI=1S/C16H28N2O6S2/c1-15(2,3)23-13(21)11(19)9(7-25)17-12(20)10(8-26)18-14(22)24-16(4,5)6/h9-10,25-26H,7-8H2,1-6H3,(H,17,20)(H,18,22)/t9-,10+/m1/s1. The Morgan fingerprint density at radius 1 is 0.808 bits per heavy atom. The third kappa shape index (κ3) is 9.91. The van der Waals surface area contributed by atoms with E-state index in [2.05, 4.69) is 35.9 Å². The van der Waals surface area contributed by atoms with Gasteiger partial charge in [-0.25, -0.2) is 9.59 Å². The van der Waals surface area contributed by atoms with E-state index in [0.717, 1.165) is 0 Å². The van der Waals surface area contributed by atoms with Crippen molar-refractivity contribution >= 4 is 49.0 Å². The maximum Gasteiger partial charge on any atom is 0.408 e. The summed E-state index contributed by atoms with van der Waals surface area (Å²) in [4.78, 5) is 48.1. The summed E-state index contributed by atoms with van der Waals surface area (Å²) >= 11 is 8.00. The van der Waals surface area contributed by atoms with Crippen LogP contribution in [0.5, 0.6) is 0 Å². The van der Waals surface area contributed by atoms with E-state index in [1.165, 1.54) is 0 Å². The summed E-state index contributed by atoms with van der Waals surface area (Å²) in [6, 6.07) is -2.24. The molecule has 0 aliphatic heterocycles. The Kier molecular flexibility index (Phi) is 9.50. The SMILES string of the molecule is CC(C)(C)OC(=O)N[C@@H](CS)C(=O)N[C@H](CS)C(=O)C(=O)OC(C)(C)C. The van der Waals surface area contributed by atoms with E-state index >= 15 is 0 Å². The zero-order chi connectivity index (χ0) is 20.7. The van der Waals surface area contributed by atoms with Gasteiger partial charge in [0, 0.05) is 11.5 Å². The smallest absolute Gasteiger partial charge is 0.408 e. The van der Waals surface area contributed by atoms with Gasteiger partial charge in [0.2, 0.25) is 5.91 Å². The van der Waals surface area contributed by atoms with E-state index in [1.54, 1.807) is 41.5 Å². The van der Waals surface area contributed by atoms with Crippen molar-refractivity contribution in [2.45, 2.75) is 64.8 Å². The summed E-state index contributed by atoms with van der Waals surface area (Å²) in [5, 5.41) is 4.72. The Hall–Kier alpha value is -1.42. The lowest BCUT2D eigenvalue weighted by Crippen LogP contribution is -2.55. The van der Waals surface area contributed by atoms with Gasteiger partial charge in [0.05, 0.1) is 0 Å². The molecule has 0 fully saturated rings. The molecule has 0 aromatic rings. The maximum atomic E-state index is 12.3. The lowest BCUT2D eigenvalue weighted by molar-refractivity contribution is -0.163. The molecule has 0 bridgehead atoms. The third-order valence-electron chi connectivity index (χ3n) is 2.61. The zero-order valence-electron chi connectivity index (χ0n) is 15.9. The number of Topliss-reactive ketones (excluding diaryl/α,β-unsaturated/α-hetero) is 1. The summed E-state index contributed by atoms with van der Waals surface area (Å²) in [6.07, 6.45) is -0.799. The van der Waals surface area contributed by atoms with Crippen LogP contribution in [0.4, 0.5) is 4.79 Å². The molecule has 2 atom stereocenters. The fourth-order valence-corrected chi connectivity index (χ4v) is 2.10. The zero-order valence-corrected chi connectivity index (χ0v) is 17.7. The number of nitrogens with one attached hydrogen (secondary N) is 2. The van der Waals surface area contributed by atoms with Gasteiger partial charge < -0.3 is 20.1 Å². The molecule has 0 aromatic carbocycles. The number of carbonyl (C=O) groups excluding carboxylic acids is 4. The minimum absolute atomic E-state index is 0.0367. The molecule has 10 heteroatoms. The van der Waals surface area contributed by atoms with Crippen molar-refractivity contribution < 1.29 is 28.7 Å². The highest BCUT2D eigenvalue weighted by molar-refractivity contribution is 7.80. The molecular formula is C16H28N2O6S2. The number of hydrogen-bond acceptors (Lipinski definition) is 8. The lowest BCUT2D eigenvalue weighted by atomic mass is 10.1. The quantitative estimate of drug-likeness (QED) is 0.286. The molecule has 0 rings (SSSR count). The van der Waals surface area contributed by atoms with Crippen molar-refractivity contribution in [1.29, 1.82) is 0 Å². The molecule has 0 aromatic heterocycles. The summed E-state index contributed by atoms with van der Waals surface area (Å²) < 4.78 is 10.1. The summed E-state index contributed by atoms with van der Waals surface area (Å²) in [5.41, 5.74) is -1.58. The van der Waals surface area contributed by atoms with E-state index in [9.17, 15) is 19.2 Å². The monoisotopic (exact) mass is 408 g/mol. The Morgan fingerprint density at radius 2 is 1.27 bits per heavy atom. The normalized spacial score (nSPS) is 14.0. The van der Waals surface area contributed by atoms with E-state index in [-0.39, 0.29) is 11.5 Å². The molecule has 0 saturated heterocycles. The summed E-state index contributed by atoms with van der Waals surface area (Å²) in [5.74, 6) is -2.85. The van der Waals surface area contributed by atoms with Crippen LogP contribution in [0.2, 0.25) is 0 Å². The largest absolute Gasteiger partial charge is 0.454 e. The highest BCUT2D eigenvalue weighted by atomic mass is 32.1.